The molecule has 3 atom stereocenters. The summed E-state index contributed by atoms with van der Waals surface area (Å²) in [5.74, 6) is -2.79. The molecule has 2 aliphatic rings. The summed E-state index contributed by atoms with van der Waals surface area (Å²) in [4.78, 5) is 27.4. The highest BCUT2D eigenvalue weighted by molar-refractivity contribution is 5.95. The van der Waals surface area contributed by atoms with Crippen LogP contribution in [0.15, 0.2) is 66.7 Å². The molecule has 43 heavy (non-hydrogen) atoms. The number of esters is 1. The Labute approximate surface area is 247 Å². The summed E-state index contributed by atoms with van der Waals surface area (Å²) < 4.78 is 52.6. The number of piperidine rings is 1. The number of hydrogen-bond acceptors (Lipinski definition) is 7. The van der Waals surface area contributed by atoms with Crippen LogP contribution in [0.1, 0.15) is 53.2 Å². The minimum atomic E-state index is -5.34. The smallest absolute Gasteiger partial charge is 0.491 e. The van der Waals surface area contributed by atoms with Crippen LogP contribution in [0.25, 0.3) is 0 Å². The Morgan fingerprint density at radius 1 is 1.02 bits per heavy atom. The van der Waals surface area contributed by atoms with Crippen molar-refractivity contribution in [3.63, 3.8) is 0 Å². The van der Waals surface area contributed by atoms with Gasteiger partial charge in [0, 0.05) is 30.1 Å². The maximum atomic E-state index is 13.8. The van der Waals surface area contributed by atoms with Crippen molar-refractivity contribution in [1.29, 1.82) is 0 Å². The third-order valence-corrected chi connectivity index (χ3v) is 8.01. The molecular weight excluding hydrogens is 565 g/mol. The second-order valence-electron chi connectivity index (χ2n) is 11.0. The number of benzene rings is 3. The summed E-state index contributed by atoms with van der Waals surface area (Å²) in [5.41, 5.74) is -1.04. The van der Waals surface area contributed by atoms with E-state index in [4.69, 9.17) is 9.47 Å². The lowest BCUT2D eigenvalue weighted by atomic mass is 9.84. The van der Waals surface area contributed by atoms with Crippen LogP contribution in [0, 0.1) is 0 Å². The summed E-state index contributed by atoms with van der Waals surface area (Å²) in [5, 5.41) is 23.3. The number of carbonyl (C=O) groups excluding carboxylic acids is 2. The highest BCUT2D eigenvalue weighted by Gasteiger charge is 2.53. The molecule has 3 N–H and O–H groups in total. The van der Waals surface area contributed by atoms with E-state index in [1.807, 2.05) is 6.92 Å². The third kappa shape index (κ3) is 6.56. The quantitative estimate of drug-likeness (QED) is 0.321. The number of phenolic OH excluding ortho intramolecular Hbond substituents is 2. The van der Waals surface area contributed by atoms with Gasteiger partial charge in [0.2, 0.25) is 5.72 Å². The van der Waals surface area contributed by atoms with Crippen LogP contribution in [0.2, 0.25) is 0 Å². The van der Waals surface area contributed by atoms with E-state index in [0.717, 1.165) is 30.7 Å². The SMILES string of the molecule is CC(Oc1ccc(CC2(OC(=O)C(F)(F)F)c3ccc(O)cc3CCN2C(=O)c2ccc(O)cc2)cc1)C1CCCCN1. The van der Waals surface area contributed by atoms with Crippen LogP contribution in [0.5, 0.6) is 17.2 Å². The van der Waals surface area contributed by atoms with E-state index in [1.165, 1.54) is 42.5 Å². The Bertz CT molecular complexity index is 1460. The highest BCUT2D eigenvalue weighted by atomic mass is 19.4. The van der Waals surface area contributed by atoms with Crippen LogP contribution < -0.4 is 10.1 Å². The van der Waals surface area contributed by atoms with E-state index in [2.05, 4.69) is 5.32 Å². The average Bonchev–Trinajstić information content (AvgIpc) is 2.98. The van der Waals surface area contributed by atoms with Crippen molar-refractivity contribution < 1.29 is 42.4 Å². The molecule has 3 aromatic carbocycles. The number of aromatic hydroxyl groups is 2. The van der Waals surface area contributed by atoms with E-state index < -0.39 is 23.8 Å². The van der Waals surface area contributed by atoms with E-state index in [0.29, 0.717) is 16.9 Å². The van der Waals surface area contributed by atoms with Crippen molar-refractivity contribution in [2.24, 2.45) is 0 Å². The van der Waals surface area contributed by atoms with Crippen molar-refractivity contribution in [3.05, 3.63) is 89.0 Å². The number of alkyl halides is 3. The van der Waals surface area contributed by atoms with Gasteiger partial charge in [-0.15, -0.1) is 0 Å². The number of carbonyl (C=O) groups is 2. The van der Waals surface area contributed by atoms with Gasteiger partial charge in [-0.3, -0.25) is 9.69 Å². The van der Waals surface area contributed by atoms with E-state index in [9.17, 15) is 33.0 Å². The first-order chi connectivity index (χ1) is 20.5. The number of halogens is 3. The van der Waals surface area contributed by atoms with Gasteiger partial charge in [-0.05, 0) is 98.5 Å². The zero-order valence-electron chi connectivity index (χ0n) is 23.6. The average molecular weight is 599 g/mol. The molecule has 1 fully saturated rings. The number of rotatable bonds is 7. The van der Waals surface area contributed by atoms with Crippen LogP contribution in [-0.2, 0) is 28.1 Å². The van der Waals surface area contributed by atoms with E-state index in [1.54, 1.807) is 24.3 Å². The number of ether oxygens (including phenoxy) is 2. The number of phenols is 2. The molecule has 1 amide bonds. The molecular formula is C32H33F3N2O6. The monoisotopic (exact) mass is 598 g/mol. The minimum Gasteiger partial charge on any atom is -0.508 e. The zero-order valence-corrected chi connectivity index (χ0v) is 23.6. The topological polar surface area (TPSA) is 108 Å². The number of nitrogens with one attached hydrogen (secondary N) is 1. The molecule has 0 aliphatic carbocycles. The Hall–Kier alpha value is -4.25. The molecule has 0 radical (unpaired) electrons. The highest BCUT2D eigenvalue weighted by Crippen LogP contribution is 2.43. The summed E-state index contributed by atoms with van der Waals surface area (Å²) >= 11 is 0. The van der Waals surface area contributed by atoms with Gasteiger partial charge in [-0.25, -0.2) is 4.79 Å². The summed E-state index contributed by atoms with van der Waals surface area (Å²) in [6, 6.07) is 16.2. The Morgan fingerprint density at radius 2 is 1.72 bits per heavy atom. The lowest BCUT2D eigenvalue weighted by Gasteiger charge is -2.47. The van der Waals surface area contributed by atoms with Crippen LogP contribution in [0.4, 0.5) is 13.2 Å². The lowest BCUT2D eigenvalue weighted by Crippen LogP contribution is -2.58. The lowest BCUT2D eigenvalue weighted by molar-refractivity contribution is -0.231. The van der Waals surface area contributed by atoms with Crippen molar-refractivity contribution in [3.8, 4) is 17.2 Å². The molecule has 2 aliphatic heterocycles. The minimum absolute atomic E-state index is 0.0847. The molecule has 0 aromatic heterocycles. The van der Waals surface area contributed by atoms with Gasteiger partial charge >= 0.3 is 12.1 Å². The van der Waals surface area contributed by atoms with Gasteiger partial charge in [-0.1, -0.05) is 18.6 Å². The third-order valence-electron chi connectivity index (χ3n) is 8.01. The van der Waals surface area contributed by atoms with E-state index in [-0.39, 0.29) is 54.2 Å². The predicted molar refractivity (Wildman–Crippen MR) is 151 cm³/mol. The summed E-state index contributed by atoms with van der Waals surface area (Å²) in [7, 11) is 0. The summed E-state index contributed by atoms with van der Waals surface area (Å²) in [6.07, 6.45) is -2.34. The number of amides is 1. The Balaban J connectivity index is 1.54. The second-order valence-corrected chi connectivity index (χ2v) is 11.0. The van der Waals surface area contributed by atoms with Gasteiger partial charge in [-0.2, -0.15) is 13.2 Å². The standard InChI is InChI=1S/C32H33F3N2O6/c1-20(28-4-2-3-16-36-28)42-26-12-5-21(6-13-26)19-31(43-30(41)32(33,34)35)27-14-11-25(39)18-23(27)15-17-37(31)29(40)22-7-9-24(38)10-8-22/h5-14,18,20,28,36,38-39H,2-4,15-17,19H2,1H3. The molecule has 8 nitrogen and oxygen atoms in total. The first kappa shape index (κ1) is 30.2. The molecule has 3 aromatic rings. The number of nitrogens with zero attached hydrogens (tertiary/aromatic N) is 1. The fourth-order valence-corrected chi connectivity index (χ4v) is 5.84. The van der Waals surface area contributed by atoms with Crippen molar-refractivity contribution >= 4 is 11.9 Å². The maximum absolute atomic E-state index is 13.8. The molecule has 0 bridgehead atoms. The second kappa shape index (κ2) is 12.2. The van der Waals surface area contributed by atoms with Crippen LogP contribution >= 0.6 is 0 Å². The Morgan fingerprint density at radius 3 is 2.37 bits per heavy atom. The molecule has 11 heteroatoms. The van der Waals surface area contributed by atoms with Crippen LogP contribution in [-0.4, -0.2) is 58.4 Å². The fourth-order valence-electron chi connectivity index (χ4n) is 5.84. The predicted octanol–water partition coefficient (Wildman–Crippen LogP) is 5.21. The molecule has 1 saturated heterocycles. The van der Waals surface area contributed by atoms with Crippen molar-refractivity contribution in [2.45, 2.75) is 63.1 Å². The molecule has 0 spiro atoms. The first-order valence-corrected chi connectivity index (χ1v) is 14.2. The molecule has 5 rings (SSSR count). The van der Waals surface area contributed by atoms with E-state index >= 15 is 0 Å². The van der Waals surface area contributed by atoms with Crippen molar-refractivity contribution in [1.82, 2.24) is 10.2 Å². The van der Waals surface area contributed by atoms with Gasteiger partial charge in [0.15, 0.2) is 0 Å². The molecule has 2 heterocycles. The fraction of sp³-hybridized carbons (Fsp3) is 0.375. The van der Waals surface area contributed by atoms with Crippen LogP contribution in [0.3, 0.4) is 0 Å². The van der Waals surface area contributed by atoms with Gasteiger partial charge in [0.05, 0.1) is 0 Å². The van der Waals surface area contributed by atoms with Gasteiger partial charge in [0.1, 0.15) is 23.4 Å². The largest absolute Gasteiger partial charge is 0.508 e. The zero-order chi connectivity index (χ0) is 30.8. The normalized spacial score (nSPS) is 21.0. The van der Waals surface area contributed by atoms with Gasteiger partial charge in [0.25, 0.3) is 5.91 Å². The number of hydrogen-bond donors (Lipinski definition) is 3. The number of fused-ring (bicyclic) bond motifs is 1. The summed E-state index contributed by atoms with van der Waals surface area (Å²) in [6.45, 7) is 2.80. The molecule has 228 valence electrons. The van der Waals surface area contributed by atoms with Crippen molar-refractivity contribution in [2.75, 3.05) is 13.1 Å². The maximum Gasteiger partial charge on any atom is 0.491 e. The molecule has 3 unspecified atom stereocenters. The first-order valence-electron chi connectivity index (χ1n) is 14.2. The molecule has 0 saturated carbocycles. The Kier molecular flexibility index (Phi) is 8.55. The van der Waals surface area contributed by atoms with Gasteiger partial charge < -0.3 is 25.0 Å².